The summed E-state index contributed by atoms with van der Waals surface area (Å²) in [6.45, 7) is 2.74. The van der Waals surface area contributed by atoms with Gasteiger partial charge in [-0.3, -0.25) is 9.59 Å². The molecule has 2 aromatic carbocycles. The van der Waals surface area contributed by atoms with Gasteiger partial charge in [-0.25, -0.2) is 10.0 Å². The van der Waals surface area contributed by atoms with Crippen molar-refractivity contribution in [1.82, 2.24) is 15.3 Å². The molecule has 0 aromatic heterocycles. The standard InChI is InChI=1S/C17H16N4O2S2/c22-15-11-3-1-2-10-13(19-17(24)25)5-4-12(14(10)11)16(23)21(15)20-8-6-18-7-9-20/h1-5,18H,6-9H2,(H2,19,24,25). The number of carbonyl (C=O) groups excluding carboxylic acids is 2. The van der Waals surface area contributed by atoms with Crippen molar-refractivity contribution < 1.29 is 9.59 Å². The maximum Gasteiger partial charge on any atom is 0.276 e. The van der Waals surface area contributed by atoms with E-state index in [0.717, 1.165) is 24.2 Å². The molecule has 2 heterocycles. The van der Waals surface area contributed by atoms with Gasteiger partial charge in [0.1, 0.15) is 4.32 Å². The predicted octanol–water partition coefficient (Wildman–Crippen LogP) is 1.88. The molecule has 0 unspecified atom stereocenters. The number of hydrogen-bond donors (Lipinski definition) is 3. The molecule has 8 heteroatoms. The Hall–Kier alpha value is -2.00. The highest BCUT2D eigenvalue weighted by atomic mass is 32.1. The van der Waals surface area contributed by atoms with Crippen molar-refractivity contribution in [3.05, 3.63) is 41.5 Å². The Morgan fingerprint density at radius 2 is 1.76 bits per heavy atom. The number of thiol groups is 1. The number of nitrogens with zero attached hydrogens (tertiary/aromatic N) is 2. The van der Waals surface area contributed by atoms with Crippen LogP contribution >= 0.6 is 24.8 Å². The zero-order valence-corrected chi connectivity index (χ0v) is 15.0. The number of piperazine rings is 1. The van der Waals surface area contributed by atoms with Gasteiger partial charge in [-0.2, -0.15) is 0 Å². The van der Waals surface area contributed by atoms with Crippen LogP contribution in [0.25, 0.3) is 10.8 Å². The minimum Gasteiger partial charge on any atom is -0.341 e. The number of anilines is 1. The first kappa shape index (κ1) is 16.5. The Balaban J connectivity index is 1.87. The summed E-state index contributed by atoms with van der Waals surface area (Å²) < 4.78 is 0.330. The lowest BCUT2D eigenvalue weighted by molar-refractivity contribution is -0.00828. The van der Waals surface area contributed by atoms with Crippen LogP contribution < -0.4 is 10.6 Å². The summed E-state index contributed by atoms with van der Waals surface area (Å²) in [5.74, 6) is -0.564. The molecule has 6 nitrogen and oxygen atoms in total. The fourth-order valence-electron chi connectivity index (χ4n) is 3.42. The third kappa shape index (κ3) is 2.71. The molecule has 2 amide bonds. The molecule has 0 atom stereocenters. The fourth-order valence-corrected chi connectivity index (χ4v) is 3.65. The van der Waals surface area contributed by atoms with E-state index in [9.17, 15) is 9.59 Å². The largest absolute Gasteiger partial charge is 0.341 e. The summed E-state index contributed by atoms with van der Waals surface area (Å²) in [6, 6.07) is 8.99. The van der Waals surface area contributed by atoms with E-state index in [2.05, 4.69) is 23.3 Å². The van der Waals surface area contributed by atoms with E-state index >= 15 is 0 Å². The van der Waals surface area contributed by atoms with Gasteiger partial charge >= 0.3 is 0 Å². The summed E-state index contributed by atoms with van der Waals surface area (Å²) >= 11 is 9.11. The Morgan fingerprint density at radius 3 is 2.44 bits per heavy atom. The van der Waals surface area contributed by atoms with Crippen molar-refractivity contribution >= 4 is 57.4 Å². The Kier molecular flexibility index (Phi) is 4.20. The predicted molar refractivity (Wildman–Crippen MR) is 104 cm³/mol. The smallest absolute Gasteiger partial charge is 0.276 e. The molecule has 0 bridgehead atoms. The normalized spacial score (nSPS) is 17.9. The summed E-state index contributed by atoms with van der Waals surface area (Å²) in [4.78, 5) is 26.1. The van der Waals surface area contributed by atoms with Crippen LogP contribution in [-0.2, 0) is 0 Å². The van der Waals surface area contributed by atoms with Crippen molar-refractivity contribution in [3.8, 4) is 0 Å². The van der Waals surface area contributed by atoms with Gasteiger partial charge in [0.05, 0.1) is 11.1 Å². The Bertz CT molecular complexity index is 887. The molecule has 128 valence electrons. The number of hydrazine groups is 1. The molecule has 1 fully saturated rings. The maximum absolute atomic E-state index is 13.0. The molecule has 0 aliphatic carbocycles. The van der Waals surface area contributed by atoms with Crippen molar-refractivity contribution in [1.29, 1.82) is 0 Å². The molecule has 25 heavy (non-hydrogen) atoms. The van der Waals surface area contributed by atoms with Crippen LogP contribution in [0.3, 0.4) is 0 Å². The Labute approximate surface area is 155 Å². The third-order valence-corrected chi connectivity index (χ3v) is 4.72. The number of hydrogen-bond acceptors (Lipinski definition) is 5. The van der Waals surface area contributed by atoms with Gasteiger partial charge in [-0.1, -0.05) is 24.4 Å². The number of amides is 2. The molecule has 0 radical (unpaired) electrons. The number of benzene rings is 2. The topological polar surface area (TPSA) is 64.7 Å². The van der Waals surface area contributed by atoms with Crippen molar-refractivity contribution in [2.24, 2.45) is 0 Å². The highest BCUT2D eigenvalue weighted by molar-refractivity contribution is 8.11. The average molecular weight is 372 g/mol. The average Bonchev–Trinajstić information content (AvgIpc) is 2.61. The second-order valence-electron chi connectivity index (χ2n) is 5.94. The van der Waals surface area contributed by atoms with Crippen LogP contribution in [-0.4, -0.2) is 52.3 Å². The number of nitrogens with one attached hydrogen (secondary N) is 2. The number of carbonyl (C=O) groups is 2. The van der Waals surface area contributed by atoms with Gasteiger partial charge in [0, 0.05) is 42.6 Å². The molecule has 2 aromatic rings. The van der Waals surface area contributed by atoms with Crippen LogP contribution in [0.2, 0.25) is 0 Å². The summed E-state index contributed by atoms with van der Waals surface area (Å²) in [7, 11) is 0. The minimum atomic E-state index is -0.282. The first-order chi connectivity index (χ1) is 12.1. The number of rotatable bonds is 2. The molecule has 2 N–H and O–H groups in total. The van der Waals surface area contributed by atoms with Crippen molar-refractivity contribution in [2.75, 3.05) is 31.5 Å². The van der Waals surface area contributed by atoms with Crippen LogP contribution in [0.5, 0.6) is 0 Å². The summed E-state index contributed by atoms with van der Waals surface area (Å²) in [5, 5.41) is 10.8. The minimum absolute atomic E-state index is 0.282. The lowest BCUT2D eigenvalue weighted by Gasteiger charge is -2.38. The summed E-state index contributed by atoms with van der Waals surface area (Å²) in [5.41, 5.74) is 1.79. The molecule has 2 aliphatic heterocycles. The fraction of sp³-hybridized carbons (Fsp3) is 0.235. The second kappa shape index (κ2) is 6.38. The molecule has 4 rings (SSSR count). The molecular formula is C17H16N4O2S2. The van der Waals surface area contributed by atoms with E-state index in [-0.39, 0.29) is 11.8 Å². The number of thiocarbonyl (C=S) groups is 1. The SMILES string of the molecule is O=C1c2cccc3c(NC(=S)S)ccc(c23)C(=O)N1N1CCNCC1. The quantitative estimate of drug-likeness (QED) is 0.425. The zero-order valence-electron chi connectivity index (χ0n) is 13.3. The van der Waals surface area contributed by atoms with E-state index < -0.39 is 0 Å². The number of imide groups is 1. The maximum atomic E-state index is 13.0. The highest BCUT2D eigenvalue weighted by Crippen LogP contribution is 2.35. The third-order valence-electron chi connectivity index (χ3n) is 4.50. The monoisotopic (exact) mass is 372 g/mol. The van der Waals surface area contributed by atoms with Gasteiger partial charge < -0.3 is 10.6 Å². The second-order valence-corrected chi connectivity index (χ2v) is 7.10. The lowest BCUT2D eigenvalue weighted by atomic mass is 9.93. The van der Waals surface area contributed by atoms with E-state index in [1.165, 1.54) is 5.01 Å². The summed E-state index contributed by atoms with van der Waals surface area (Å²) in [6.07, 6.45) is 0. The van der Waals surface area contributed by atoms with E-state index in [1.54, 1.807) is 18.2 Å². The van der Waals surface area contributed by atoms with Gasteiger partial charge in [0.2, 0.25) is 0 Å². The van der Waals surface area contributed by atoms with E-state index in [1.807, 2.05) is 17.1 Å². The molecule has 0 saturated carbocycles. The highest BCUT2D eigenvalue weighted by Gasteiger charge is 2.37. The first-order valence-electron chi connectivity index (χ1n) is 7.98. The van der Waals surface area contributed by atoms with Crippen LogP contribution in [0.1, 0.15) is 20.7 Å². The molecule has 1 saturated heterocycles. The first-order valence-corrected chi connectivity index (χ1v) is 8.83. The Morgan fingerprint density at radius 1 is 1.08 bits per heavy atom. The molecular weight excluding hydrogens is 356 g/mol. The van der Waals surface area contributed by atoms with Crippen LogP contribution in [0.4, 0.5) is 5.69 Å². The van der Waals surface area contributed by atoms with Crippen LogP contribution in [0, 0.1) is 0 Å². The van der Waals surface area contributed by atoms with Crippen molar-refractivity contribution in [2.45, 2.75) is 0 Å². The van der Waals surface area contributed by atoms with Gasteiger partial charge in [-0.05, 0) is 18.2 Å². The molecule has 0 spiro atoms. The lowest BCUT2D eigenvalue weighted by Crippen LogP contribution is -2.57. The van der Waals surface area contributed by atoms with Gasteiger partial charge in [0.25, 0.3) is 11.8 Å². The molecule has 2 aliphatic rings. The van der Waals surface area contributed by atoms with Gasteiger partial charge in [0.15, 0.2) is 0 Å². The van der Waals surface area contributed by atoms with Crippen molar-refractivity contribution in [3.63, 3.8) is 0 Å². The van der Waals surface area contributed by atoms with Gasteiger partial charge in [-0.15, -0.1) is 12.6 Å². The van der Waals surface area contributed by atoms with Crippen LogP contribution in [0.15, 0.2) is 30.3 Å². The zero-order chi connectivity index (χ0) is 17.6. The van der Waals surface area contributed by atoms with E-state index in [4.69, 9.17) is 12.2 Å². The van der Waals surface area contributed by atoms with E-state index in [0.29, 0.717) is 33.9 Å².